The molecule has 1 aliphatic rings. The summed E-state index contributed by atoms with van der Waals surface area (Å²) in [4.78, 5) is 43.4. The van der Waals surface area contributed by atoms with Crippen LogP contribution >= 0.6 is 0 Å². The summed E-state index contributed by atoms with van der Waals surface area (Å²) >= 11 is 0. The normalized spacial score (nSPS) is 15.6. The first-order valence-electron chi connectivity index (χ1n) is 13.1. The standard InChI is InChI=1S/C24H17N3O7.C7H5NO3/c1-32-18-9-5-16(6-10-18)24(29)19(12-14-2-7-17(8-3-14)27(30)31)22(23(28)33-24)15-4-11-20-21(13-15)26-34-25-20;9-5-6-1-3-7(4-2-6)8(10)11/h2-11,13,29H,12H2,1H3;1-5H. The number of fused-ring (bicyclic) bond motifs is 1. The number of cyclic esters (lactones) is 1. The number of nitro benzene ring substituents is 2. The summed E-state index contributed by atoms with van der Waals surface area (Å²) in [6.45, 7) is 0. The molecule has 0 aliphatic carbocycles. The summed E-state index contributed by atoms with van der Waals surface area (Å²) in [6.07, 6.45) is 0.737. The van der Waals surface area contributed by atoms with Gasteiger partial charge < -0.3 is 14.6 Å². The zero-order chi connectivity index (χ0) is 32.1. The highest BCUT2D eigenvalue weighted by atomic mass is 16.7. The predicted molar refractivity (Wildman–Crippen MR) is 157 cm³/mol. The van der Waals surface area contributed by atoms with Crippen LogP contribution in [0.15, 0.2) is 101 Å². The molecule has 5 aromatic rings. The van der Waals surface area contributed by atoms with E-state index in [9.17, 15) is 34.9 Å². The molecular formula is C31H22N4O10. The third kappa shape index (κ3) is 6.25. The fourth-order valence-electron chi connectivity index (χ4n) is 4.64. The van der Waals surface area contributed by atoms with Crippen LogP contribution < -0.4 is 4.74 Å². The number of aliphatic hydroxyl groups is 1. The van der Waals surface area contributed by atoms with Crippen molar-refractivity contribution < 1.29 is 38.6 Å². The molecule has 6 rings (SSSR count). The number of carbonyl (C=O) groups is 2. The first-order valence-corrected chi connectivity index (χ1v) is 13.1. The van der Waals surface area contributed by atoms with Gasteiger partial charge in [0.25, 0.3) is 17.2 Å². The van der Waals surface area contributed by atoms with E-state index < -0.39 is 21.6 Å². The Balaban J connectivity index is 0.000000309. The van der Waals surface area contributed by atoms with Crippen molar-refractivity contribution in [2.75, 3.05) is 7.11 Å². The van der Waals surface area contributed by atoms with Gasteiger partial charge in [-0.25, -0.2) is 9.42 Å². The Morgan fingerprint density at radius 1 is 0.867 bits per heavy atom. The maximum Gasteiger partial charge on any atom is 0.342 e. The number of esters is 1. The molecule has 1 aromatic heterocycles. The van der Waals surface area contributed by atoms with E-state index in [1.165, 1.54) is 43.5 Å². The van der Waals surface area contributed by atoms with Crippen molar-refractivity contribution in [3.8, 4) is 5.75 Å². The van der Waals surface area contributed by atoms with Gasteiger partial charge in [0.05, 0.1) is 22.5 Å². The molecule has 1 unspecified atom stereocenters. The second-order valence-electron chi connectivity index (χ2n) is 9.65. The first kappa shape index (κ1) is 30.2. The number of aldehydes is 1. The van der Waals surface area contributed by atoms with Crippen molar-refractivity contribution in [2.24, 2.45) is 0 Å². The number of hydrogen-bond donors (Lipinski definition) is 1. The van der Waals surface area contributed by atoms with Crippen molar-refractivity contribution in [3.05, 3.63) is 139 Å². The van der Waals surface area contributed by atoms with Crippen LogP contribution in [0.3, 0.4) is 0 Å². The maximum absolute atomic E-state index is 13.1. The molecule has 1 N–H and O–H groups in total. The van der Waals surface area contributed by atoms with Crippen LogP contribution in [-0.2, 0) is 21.7 Å². The smallest absolute Gasteiger partial charge is 0.342 e. The van der Waals surface area contributed by atoms with Crippen LogP contribution in [0.4, 0.5) is 11.4 Å². The lowest BCUT2D eigenvalue weighted by molar-refractivity contribution is -0.385. The van der Waals surface area contributed by atoms with Crippen LogP contribution in [0, 0.1) is 20.2 Å². The zero-order valence-electron chi connectivity index (χ0n) is 23.4. The van der Waals surface area contributed by atoms with Gasteiger partial charge in [0, 0.05) is 47.4 Å². The van der Waals surface area contributed by atoms with Crippen LogP contribution in [-0.4, -0.2) is 44.6 Å². The van der Waals surface area contributed by atoms with Crippen LogP contribution in [0.2, 0.25) is 0 Å². The van der Waals surface area contributed by atoms with Crippen molar-refractivity contribution in [1.82, 2.24) is 10.3 Å². The number of non-ortho nitro benzene ring substituents is 2. The Kier molecular flexibility index (Phi) is 8.40. The van der Waals surface area contributed by atoms with Gasteiger partial charge in [-0.3, -0.25) is 25.0 Å². The van der Waals surface area contributed by atoms with Crippen molar-refractivity contribution in [2.45, 2.75) is 12.2 Å². The summed E-state index contributed by atoms with van der Waals surface area (Å²) in [5.74, 6) is -2.20. The highest BCUT2D eigenvalue weighted by Gasteiger charge is 2.48. The summed E-state index contributed by atoms with van der Waals surface area (Å²) in [7, 11) is 1.52. The van der Waals surface area contributed by atoms with E-state index in [0.717, 1.165) is 0 Å². The largest absolute Gasteiger partial charge is 0.497 e. The lowest BCUT2D eigenvalue weighted by atomic mass is 9.88. The Labute approximate surface area is 253 Å². The first-order chi connectivity index (χ1) is 21.6. The second kappa shape index (κ2) is 12.5. The van der Waals surface area contributed by atoms with Gasteiger partial charge in [-0.2, -0.15) is 0 Å². The van der Waals surface area contributed by atoms with Crippen molar-refractivity contribution >= 4 is 40.2 Å². The van der Waals surface area contributed by atoms with Gasteiger partial charge in [0.2, 0.25) is 0 Å². The number of nitro groups is 2. The van der Waals surface area contributed by atoms with E-state index in [4.69, 9.17) is 14.1 Å². The lowest BCUT2D eigenvalue weighted by Gasteiger charge is -2.26. The third-order valence-corrected chi connectivity index (χ3v) is 6.95. The summed E-state index contributed by atoms with van der Waals surface area (Å²) in [5, 5.41) is 40.4. The summed E-state index contributed by atoms with van der Waals surface area (Å²) in [5.41, 5.74) is 3.22. The Hall–Kier alpha value is -6.28. The number of methoxy groups -OCH3 is 1. The van der Waals surface area contributed by atoms with E-state index >= 15 is 0 Å². The van der Waals surface area contributed by atoms with E-state index in [0.29, 0.717) is 45.3 Å². The van der Waals surface area contributed by atoms with Gasteiger partial charge in [-0.15, -0.1) is 0 Å². The fourth-order valence-corrected chi connectivity index (χ4v) is 4.64. The molecule has 0 saturated heterocycles. The molecule has 0 saturated carbocycles. The Morgan fingerprint density at radius 2 is 1.47 bits per heavy atom. The molecule has 45 heavy (non-hydrogen) atoms. The molecule has 0 amide bonds. The molecule has 1 aliphatic heterocycles. The average molecular weight is 611 g/mol. The molecule has 4 aromatic carbocycles. The molecule has 14 heteroatoms. The van der Waals surface area contributed by atoms with Crippen LogP contribution in [0.25, 0.3) is 16.6 Å². The Bertz CT molecular complexity index is 1930. The third-order valence-electron chi connectivity index (χ3n) is 6.95. The minimum Gasteiger partial charge on any atom is -0.497 e. The molecule has 0 bridgehead atoms. The SMILES string of the molecule is COc1ccc(C2(O)OC(=O)C(c3ccc4nonc4c3)=C2Cc2ccc([N+](=O)[O-])cc2)cc1.O=Cc1ccc([N+](=O)[O-])cc1. The predicted octanol–water partition coefficient (Wildman–Crippen LogP) is 4.95. The highest BCUT2D eigenvalue weighted by Crippen LogP contribution is 2.45. The number of rotatable bonds is 8. The van der Waals surface area contributed by atoms with E-state index in [-0.39, 0.29) is 28.9 Å². The van der Waals surface area contributed by atoms with Gasteiger partial charge >= 0.3 is 5.97 Å². The molecule has 0 fully saturated rings. The van der Waals surface area contributed by atoms with E-state index in [1.54, 1.807) is 54.6 Å². The van der Waals surface area contributed by atoms with Gasteiger partial charge in [0.1, 0.15) is 23.1 Å². The number of ether oxygens (including phenoxy) is 2. The second-order valence-corrected chi connectivity index (χ2v) is 9.65. The summed E-state index contributed by atoms with van der Waals surface area (Å²) < 4.78 is 15.5. The molecule has 14 nitrogen and oxygen atoms in total. The molecule has 0 radical (unpaired) electrons. The maximum atomic E-state index is 13.1. The fraction of sp³-hybridized carbons (Fsp3) is 0.0968. The van der Waals surface area contributed by atoms with E-state index in [2.05, 4.69) is 10.3 Å². The number of nitrogens with zero attached hydrogens (tertiary/aromatic N) is 4. The number of carbonyl (C=O) groups excluding carboxylic acids is 2. The topological polar surface area (TPSA) is 198 Å². The number of benzene rings is 4. The molecule has 2 heterocycles. The van der Waals surface area contributed by atoms with Crippen LogP contribution in [0.1, 0.15) is 27.0 Å². The van der Waals surface area contributed by atoms with Crippen molar-refractivity contribution in [3.63, 3.8) is 0 Å². The van der Waals surface area contributed by atoms with Gasteiger partial charge in [0.15, 0.2) is 0 Å². The minimum absolute atomic E-state index is 0.00407. The van der Waals surface area contributed by atoms with E-state index in [1.807, 2.05) is 0 Å². The van der Waals surface area contributed by atoms with Crippen molar-refractivity contribution in [1.29, 1.82) is 0 Å². The van der Waals surface area contributed by atoms with Gasteiger partial charge in [-0.05, 0) is 70.0 Å². The number of aromatic nitrogens is 2. The van der Waals surface area contributed by atoms with Gasteiger partial charge in [-0.1, -0.05) is 18.2 Å². The average Bonchev–Trinajstić information content (AvgIpc) is 3.62. The summed E-state index contributed by atoms with van der Waals surface area (Å²) in [6, 6.07) is 22.7. The number of hydrogen-bond acceptors (Lipinski definition) is 12. The lowest BCUT2D eigenvalue weighted by Crippen LogP contribution is -2.29. The Morgan fingerprint density at radius 3 is 2.04 bits per heavy atom. The monoisotopic (exact) mass is 610 g/mol. The molecular weight excluding hydrogens is 588 g/mol. The highest BCUT2D eigenvalue weighted by molar-refractivity contribution is 6.20. The zero-order valence-corrected chi connectivity index (χ0v) is 23.4. The van der Waals surface area contributed by atoms with Crippen LogP contribution in [0.5, 0.6) is 5.75 Å². The molecule has 226 valence electrons. The quantitative estimate of drug-likeness (QED) is 0.108. The molecule has 0 spiro atoms. The minimum atomic E-state index is -2.06. The molecule has 1 atom stereocenters.